The number of hydrogen-bond donors (Lipinski definition) is 1. The number of nitrogens with zero attached hydrogens (tertiary/aromatic N) is 2. The summed E-state index contributed by atoms with van der Waals surface area (Å²) in [6.45, 7) is 0. The molecule has 172 valence electrons. The second kappa shape index (κ2) is 8.08. The van der Waals surface area contributed by atoms with Crippen molar-refractivity contribution in [3.05, 3.63) is 90.6 Å². The molecule has 0 radical (unpaired) electrons. The van der Waals surface area contributed by atoms with Gasteiger partial charge in [0.2, 0.25) is 10.0 Å². The number of primary sulfonamides is 1. The van der Waals surface area contributed by atoms with Crippen molar-refractivity contribution in [3.63, 3.8) is 0 Å². The molecule has 2 aromatic heterocycles. The molecular formula is C24H16F3N3O2S2. The van der Waals surface area contributed by atoms with Crippen LogP contribution in [0.25, 0.3) is 37.5 Å². The average molecular weight is 500 g/mol. The minimum atomic E-state index is -4.64. The van der Waals surface area contributed by atoms with Gasteiger partial charge in [-0.3, -0.25) is 0 Å². The number of fused-ring (bicyclic) bond motifs is 1. The summed E-state index contributed by atoms with van der Waals surface area (Å²) in [5, 5.41) is 9.99. The summed E-state index contributed by atoms with van der Waals surface area (Å²) < 4.78 is 65.7. The molecule has 0 saturated carbocycles. The Morgan fingerprint density at radius 1 is 0.853 bits per heavy atom. The van der Waals surface area contributed by atoms with Gasteiger partial charge >= 0.3 is 6.18 Å². The van der Waals surface area contributed by atoms with Crippen molar-refractivity contribution in [2.24, 2.45) is 5.14 Å². The Balaban J connectivity index is 1.57. The SMILES string of the molecule is NS(=O)(=O)c1ccc(-n2nc(C(F)(F)F)cc2-c2ccc(-c3cc4ccccc4s3)cc2)cc1. The van der Waals surface area contributed by atoms with E-state index < -0.39 is 21.9 Å². The van der Waals surface area contributed by atoms with Gasteiger partial charge in [-0.25, -0.2) is 18.2 Å². The zero-order chi connectivity index (χ0) is 24.1. The van der Waals surface area contributed by atoms with Crippen LogP contribution in [0.3, 0.4) is 0 Å². The normalized spacial score (nSPS) is 12.4. The maximum Gasteiger partial charge on any atom is 0.435 e. The van der Waals surface area contributed by atoms with Gasteiger partial charge in [0, 0.05) is 15.1 Å². The molecule has 0 aliphatic heterocycles. The third-order valence-corrected chi connectivity index (χ3v) is 7.39. The van der Waals surface area contributed by atoms with E-state index in [1.807, 2.05) is 36.4 Å². The second-order valence-corrected chi connectivity index (χ2v) is 10.2. The Hall–Kier alpha value is -3.47. The molecule has 0 aliphatic rings. The first-order chi connectivity index (χ1) is 16.1. The molecule has 2 N–H and O–H groups in total. The van der Waals surface area contributed by atoms with Gasteiger partial charge < -0.3 is 0 Å². The van der Waals surface area contributed by atoms with Crippen LogP contribution in [0.15, 0.2) is 89.8 Å². The van der Waals surface area contributed by atoms with Crippen LogP contribution in [-0.4, -0.2) is 18.2 Å². The lowest BCUT2D eigenvalue weighted by Gasteiger charge is -2.09. The zero-order valence-corrected chi connectivity index (χ0v) is 19.0. The van der Waals surface area contributed by atoms with Crippen molar-refractivity contribution in [2.45, 2.75) is 11.1 Å². The standard InChI is InChI=1S/C24H16F3N3O2S2/c25-24(26,27)23-14-20(30(29-23)18-9-11-19(12-10-18)34(28,31)32)15-5-7-16(8-6-15)22-13-17-3-1-2-4-21(17)33-22/h1-14H,(H2,28,31,32). The van der Waals surface area contributed by atoms with Gasteiger partial charge in [-0.2, -0.15) is 18.3 Å². The van der Waals surface area contributed by atoms with Crippen molar-refractivity contribution in [1.82, 2.24) is 9.78 Å². The van der Waals surface area contributed by atoms with E-state index in [1.165, 1.54) is 24.3 Å². The first-order valence-electron chi connectivity index (χ1n) is 9.99. The number of halogens is 3. The minimum absolute atomic E-state index is 0.145. The number of nitrogens with two attached hydrogens (primary N) is 1. The quantitative estimate of drug-likeness (QED) is 0.325. The molecule has 0 spiro atoms. The third kappa shape index (κ3) is 4.23. The van der Waals surface area contributed by atoms with E-state index in [2.05, 4.69) is 11.2 Å². The smallest absolute Gasteiger partial charge is 0.233 e. The van der Waals surface area contributed by atoms with Gasteiger partial charge in [-0.1, -0.05) is 42.5 Å². The highest BCUT2D eigenvalue weighted by atomic mass is 32.2. The highest BCUT2D eigenvalue weighted by Crippen LogP contribution is 2.36. The molecule has 5 aromatic rings. The summed E-state index contributed by atoms with van der Waals surface area (Å²) in [6, 6.07) is 23.4. The van der Waals surface area contributed by atoms with Gasteiger partial charge in [0.05, 0.1) is 16.3 Å². The fourth-order valence-electron chi connectivity index (χ4n) is 3.63. The molecule has 2 heterocycles. The Morgan fingerprint density at radius 2 is 1.50 bits per heavy atom. The molecule has 0 unspecified atom stereocenters. The zero-order valence-electron chi connectivity index (χ0n) is 17.3. The number of rotatable bonds is 4. The summed E-state index contributed by atoms with van der Waals surface area (Å²) in [5.41, 5.74) is 0.921. The van der Waals surface area contributed by atoms with Crippen molar-refractivity contribution in [2.75, 3.05) is 0 Å². The predicted octanol–water partition coefficient (Wildman–Crippen LogP) is 6.09. The number of sulfonamides is 1. The summed E-state index contributed by atoms with van der Waals surface area (Å²) in [4.78, 5) is 0.907. The number of benzene rings is 3. The van der Waals surface area contributed by atoms with Gasteiger partial charge in [0.25, 0.3) is 0 Å². The van der Waals surface area contributed by atoms with E-state index in [1.54, 1.807) is 23.5 Å². The first-order valence-corrected chi connectivity index (χ1v) is 12.4. The molecule has 5 rings (SSSR count). The lowest BCUT2D eigenvalue weighted by atomic mass is 10.1. The van der Waals surface area contributed by atoms with E-state index >= 15 is 0 Å². The van der Waals surface area contributed by atoms with Crippen LogP contribution in [0.4, 0.5) is 13.2 Å². The van der Waals surface area contributed by atoms with Crippen LogP contribution in [0, 0.1) is 0 Å². The average Bonchev–Trinajstić information content (AvgIpc) is 3.44. The summed E-state index contributed by atoms with van der Waals surface area (Å²) >= 11 is 1.64. The van der Waals surface area contributed by atoms with Crippen LogP contribution in [0.5, 0.6) is 0 Å². The minimum Gasteiger partial charge on any atom is -0.233 e. The van der Waals surface area contributed by atoms with Crippen LogP contribution in [0.2, 0.25) is 0 Å². The Morgan fingerprint density at radius 3 is 2.12 bits per heavy atom. The largest absolute Gasteiger partial charge is 0.435 e. The summed E-state index contributed by atoms with van der Waals surface area (Å²) in [5.74, 6) is 0. The highest BCUT2D eigenvalue weighted by Gasteiger charge is 2.35. The maximum absolute atomic E-state index is 13.4. The van der Waals surface area contributed by atoms with Crippen LogP contribution in [-0.2, 0) is 16.2 Å². The van der Waals surface area contributed by atoms with E-state index in [-0.39, 0.29) is 16.3 Å². The Bertz CT molecular complexity index is 1570. The lowest BCUT2D eigenvalue weighted by Crippen LogP contribution is -2.12. The van der Waals surface area contributed by atoms with E-state index in [0.29, 0.717) is 5.56 Å². The van der Waals surface area contributed by atoms with Gasteiger partial charge in [0.1, 0.15) is 0 Å². The van der Waals surface area contributed by atoms with E-state index in [0.717, 1.165) is 31.3 Å². The fourth-order valence-corrected chi connectivity index (χ4v) is 5.21. The van der Waals surface area contributed by atoms with Gasteiger partial charge in [-0.15, -0.1) is 11.3 Å². The molecule has 0 amide bonds. The van der Waals surface area contributed by atoms with Crippen LogP contribution in [0.1, 0.15) is 5.69 Å². The van der Waals surface area contributed by atoms with Crippen molar-refractivity contribution in [1.29, 1.82) is 0 Å². The molecule has 5 nitrogen and oxygen atoms in total. The molecule has 3 aromatic carbocycles. The molecule has 0 atom stereocenters. The predicted molar refractivity (Wildman–Crippen MR) is 126 cm³/mol. The number of hydrogen-bond acceptors (Lipinski definition) is 4. The van der Waals surface area contributed by atoms with Crippen molar-refractivity contribution < 1.29 is 21.6 Å². The topological polar surface area (TPSA) is 78.0 Å². The molecule has 0 aliphatic carbocycles. The van der Waals surface area contributed by atoms with Crippen LogP contribution < -0.4 is 5.14 Å². The summed E-state index contributed by atoms with van der Waals surface area (Å²) in [7, 11) is -3.93. The van der Waals surface area contributed by atoms with E-state index in [4.69, 9.17) is 5.14 Å². The van der Waals surface area contributed by atoms with E-state index in [9.17, 15) is 21.6 Å². The number of aromatic nitrogens is 2. The maximum atomic E-state index is 13.4. The monoisotopic (exact) mass is 499 g/mol. The lowest BCUT2D eigenvalue weighted by molar-refractivity contribution is -0.141. The van der Waals surface area contributed by atoms with Gasteiger partial charge in [-0.05, 0) is 53.4 Å². The molecule has 0 bridgehead atoms. The fraction of sp³-hybridized carbons (Fsp3) is 0.0417. The first kappa shape index (κ1) is 22.3. The number of alkyl halides is 3. The molecule has 10 heteroatoms. The molecule has 0 fully saturated rings. The Kier molecular flexibility index (Phi) is 5.31. The molecular weight excluding hydrogens is 483 g/mol. The second-order valence-electron chi connectivity index (χ2n) is 7.59. The third-order valence-electron chi connectivity index (χ3n) is 5.30. The van der Waals surface area contributed by atoms with Gasteiger partial charge in [0.15, 0.2) is 5.69 Å². The van der Waals surface area contributed by atoms with Crippen molar-refractivity contribution in [3.8, 4) is 27.4 Å². The Labute approximate surface area is 196 Å². The highest BCUT2D eigenvalue weighted by molar-refractivity contribution is 7.89. The molecule has 0 saturated heterocycles. The number of thiophene rings is 1. The van der Waals surface area contributed by atoms with Crippen molar-refractivity contribution >= 4 is 31.4 Å². The van der Waals surface area contributed by atoms with Crippen LogP contribution >= 0.6 is 11.3 Å². The summed E-state index contributed by atoms with van der Waals surface area (Å²) in [6.07, 6.45) is -4.64. The molecule has 34 heavy (non-hydrogen) atoms.